The summed E-state index contributed by atoms with van der Waals surface area (Å²) in [6.07, 6.45) is -0.325. The lowest BCUT2D eigenvalue weighted by Gasteiger charge is -2.28. The van der Waals surface area contributed by atoms with E-state index < -0.39 is 72.5 Å². The van der Waals surface area contributed by atoms with E-state index in [9.17, 15) is 33.9 Å². The summed E-state index contributed by atoms with van der Waals surface area (Å²) < 4.78 is 0. The number of hydrogen-bond donors (Lipinski definition) is 6. The Morgan fingerprint density at radius 2 is 1.54 bits per heavy atom. The summed E-state index contributed by atoms with van der Waals surface area (Å²) in [5.41, 5.74) is 16.7. The Morgan fingerprint density at radius 3 is 2.11 bits per heavy atom. The van der Waals surface area contributed by atoms with E-state index in [-0.39, 0.29) is 19.4 Å². The number of nitrogens with zero attached hydrogens (tertiary/aromatic N) is 1. The van der Waals surface area contributed by atoms with Crippen molar-refractivity contribution in [2.45, 2.75) is 56.3 Å². The maximum absolute atomic E-state index is 13.2. The highest BCUT2D eigenvalue weighted by molar-refractivity contribution is 5.97. The minimum Gasteiger partial charge on any atom is -0.480 e. The Hall–Kier alpha value is -4.00. The molecule has 4 atom stereocenters. The molecule has 4 unspecified atom stereocenters. The minimum absolute atomic E-state index is 0.000647. The summed E-state index contributed by atoms with van der Waals surface area (Å²) >= 11 is 0. The first-order valence-electron chi connectivity index (χ1n) is 11.0. The topological polar surface area (TPSA) is 228 Å². The van der Waals surface area contributed by atoms with Gasteiger partial charge in [0, 0.05) is 13.0 Å². The maximum atomic E-state index is 13.2. The molecule has 0 radical (unpaired) electrons. The smallest absolute Gasteiger partial charge is 0.326 e. The summed E-state index contributed by atoms with van der Waals surface area (Å²) in [6, 6.07) is 3.58. The van der Waals surface area contributed by atoms with E-state index in [0.717, 1.165) is 4.90 Å². The SMILES string of the molecule is NC(=O)CC(N)C(=O)NC(Cc1ccccc1)C(=O)NC(CC(N)=O)C(=O)N1CCCC1C(=O)O. The largest absolute Gasteiger partial charge is 0.480 e. The standard InChI is InChI=1S/C22H30N6O7/c23-13(10-17(24)29)19(31)26-14(9-12-5-2-1-3-6-12)20(32)27-15(11-18(25)30)21(33)28-8-4-7-16(28)22(34)35/h1-3,5-6,13-16H,4,7-11,23H2,(H2,24,29)(H2,25,30)(H,26,31)(H,27,32)(H,34,35). The van der Waals surface area contributed by atoms with E-state index in [1.54, 1.807) is 30.3 Å². The van der Waals surface area contributed by atoms with Gasteiger partial charge in [0.25, 0.3) is 0 Å². The number of nitrogens with one attached hydrogen (secondary N) is 2. The van der Waals surface area contributed by atoms with Gasteiger partial charge in [0.2, 0.25) is 29.5 Å². The van der Waals surface area contributed by atoms with Crippen LogP contribution in [0, 0.1) is 0 Å². The number of carbonyl (C=O) groups excluding carboxylic acids is 5. The zero-order valence-corrected chi connectivity index (χ0v) is 19.0. The zero-order chi connectivity index (χ0) is 26.1. The lowest BCUT2D eigenvalue weighted by Crippen LogP contribution is -2.58. The van der Waals surface area contributed by atoms with Gasteiger partial charge in [0.05, 0.1) is 18.9 Å². The molecular formula is C22H30N6O7. The molecule has 1 aromatic carbocycles. The van der Waals surface area contributed by atoms with Crippen molar-refractivity contribution < 1.29 is 33.9 Å². The number of rotatable bonds is 12. The van der Waals surface area contributed by atoms with Gasteiger partial charge in [0.1, 0.15) is 18.1 Å². The maximum Gasteiger partial charge on any atom is 0.326 e. The highest BCUT2D eigenvalue weighted by Gasteiger charge is 2.39. The first-order valence-corrected chi connectivity index (χ1v) is 11.0. The molecule has 0 spiro atoms. The number of benzene rings is 1. The van der Waals surface area contributed by atoms with Crippen LogP contribution in [0.3, 0.4) is 0 Å². The molecule has 1 fully saturated rings. The van der Waals surface area contributed by atoms with E-state index >= 15 is 0 Å². The number of carbonyl (C=O) groups is 6. The molecule has 0 aromatic heterocycles. The summed E-state index contributed by atoms with van der Waals surface area (Å²) in [4.78, 5) is 74.0. The lowest BCUT2D eigenvalue weighted by atomic mass is 10.0. The number of amides is 5. The first kappa shape index (κ1) is 27.2. The molecule has 1 aliphatic rings. The zero-order valence-electron chi connectivity index (χ0n) is 19.0. The second-order valence-corrected chi connectivity index (χ2v) is 8.29. The molecule has 13 heteroatoms. The normalized spacial score (nSPS) is 17.6. The van der Waals surface area contributed by atoms with Crippen molar-refractivity contribution in [1.29, 1.82) is 0 Å². The average Bonchev–Trinajstić information content (AvgIpc) is 3.28. The molecule has 1 saturated heterocycles. The van der Waals surface area contributed by atoms with Crippen LogP contribution in [0.15, 0.2) is 30.3 Å². The van der Waals surface area contributed by atoms with Crippen LogP contribution in [0.5, 0.6) is 0 Å². The summed E-state index contributed by atoms with van der Waals surface area (Å²) in [5, 5.41) is 14.2. The predicted octanol–water partition coefficient (Wildman–Crippen LogP) is -2.65. The number of carboxylic acids is 1. The van der Waals surface area contributed by atoms with Gasteiger partial charge in [-0.15, -0.1) is 0 Å². The fraction of sp³-hybridized carbons (Fsp3) is 0.455. The Bertz CT molecular complexity index is 970. The first-order chi connectivity index (χ1) is 16.5. The number of nitrogens with two attached hydrogens (primary N) is 3. The molecule has 1 aromatic rings. The molecule has 190 valence electrons. The van der Waals surface area contributed by atoms with Gasteiger partial charge in [-0.2, -0.15) is 0 Å². The van der Waals surface area contributed by atoms with Crippen molar-refractivity contribution in [2.24, 2.45) is 17.2 Å². The lowest BCUT2D eigenvalue weighted by molar-refractivity contribution is -0.149. The molecule has 1 heterocycles. The fourth-order valence-corrected chi connectivity index (χ4v) is 3.81. The van der Waals surface area contributed by atoms with E-state index in [2.05, 4.69) is 10.6 Å². The number of hydrogen-bond acceptors (Lipinski definition) is 7. The number of carboxylic acid groups (broad SMARTS) is 1. The van der Waals surface area contributed by atoms with E-state index in [4.69, 9.17) is 17.2 Å². The average molecular weight is 491 g/mol. The Labute approximate surface area is 201 Å². The molecule has 0 saturated carbocycles. The van der Waals surface area contributed by atoms with Gasteiger partial charge >= 0.3 is 5.97 Å². The van der Waals surface area contributed by atoms with Gasteiger partial charge in [-0.1, -0.05) is 30.3 Å². The molecule has 0 bridgehead atoms. The van der Waals surface area contributed by atoms with Gasteiger partial charge in [-0.25, -0.2) is 4.79 Å². The van der Waals surface area contributed by atoms with E-state index in [0.29, 0.717) is 12.0 Å². The number of likely N-dealkylation sites (tertiary alicyclic amines) is 1. The highest BCUT2D eigenvalue weighted by Crippen LogP contribution is 2.19. The van der Waals surface area contributed by atoms with Crippen LogP contribution in [0.4, 0.5) is 0 Å². The van der Waals surface area contributed by atoms with Crippen molar-refractivity contribution in [2.75, 3.05) is 6.54 Å². The van der Waals surface area contributed by atoms with Crippen LogP contribution < -0.4 is 27.8 Å². The molecule has 5 amide bonds. The Morgan fingerprint density at radius 1 is 0.943 bits per heavy atom. The summed E-state index contributed by atoms with van der Waals surface area (Å²) in [6.45, 7) is 0.146. The summed E-state index contributed by atoms with van der Waals surface area (Å²) in [5.74, 6) is -5.29. The molecule has 0 aliphatic carbocycles. The molecule has 35 heavy (non-hydrogen) atoms. The van der Waals surface area contributed by atoms with Gasteiger partial charge in [0.15, 0.2) is 0 Å². The molecular weight excluding hydrogens is 460 g/mol. The van der Waals surface area contributed by atoms with Gasteiger partial charge in [-0.05, 0) is 18.4 Å². The second-order valence-electron chi connectivity index (χ2n) is 8.29. The van der Waals surface area contributed by atoms with Gasteiger partial charge in [-0.3, -0.25) is 24.0 Å². The molecule has 13 nitrogen and oxygen atoms in total. The quantitative estimate of drug-likeness (QED) is 0.181. The third-order valence-electron chi connectivity index (χ3n) is 5.51. The molecule has 1 aliphatic heterocycles. The van der Waals surface area contributed by atoms with Crippen LogP contribution in [-0.4, -0.2) is 76.2 Å². The van der Waals surface area contributed by atoms with Crippen LogP contribution in [0.2, 0.25) is 0 Å². The third kappa shape index (κ3) is 8.07. The monoisotopic (exact) mass is 490 g/mol. The summed E-state index contributed by atoms with van der Waals surface area (Å²) in [7, 11) is 0. The van der Waals surface area contributed by atoms with E-state index in [1.165, 1.54) is 0 Å². The van der Waals surface area contributed by atoms with Crippen molar-refractivity contribution in [1.82, 2.24) is 15.5 Å². The predicted molar refractivity (Wildman–Crippen MR) is 122 cm³/mol. The Kier molecular flexibility index (Phi) is 9.70. The number of primary amides is 2. The molecule has 2 rings (SSSR count). The van der Waals surface area contributed by atoms with Crippen molar-refractivity contribution >= 4 is 35.5 Å². The second kappa shape index (κ2) is 12.5. The minimum atomic E-state index is -1.44. The van der Waals surface area contributed by atoms with Crippen LogP contribution in [0.1, 0.15) is 31.2 Å². The number of aliphatic carboxylic acids is 1. The highest BCUT2D eigenvalue weighted by atomic mass is 16.4. The van der Waals surface area contributed by atoms with Crippen molar-refractivity contribution in [3.63, 3.8) is 0 Å². The Balaban J connectivity index is 2.24. The van der Waals surface area contributed by atoms with Crippen LogP contribution in [0.25, 0.3) is 0 Å². The fourth-order valence-electron chi connectivity index (χ4n) is 3.81. The van der Waals surface area contributed by atoms with Crippen LogP contribution in [-0.2, 0) is 35.2 Å². The van der Waals surface area contributed by atoms with Gasteiger partial charge < -0.3 is 37.8 Å². The molecule has 9 N–H and O–H groups in total. The van der Waals surface area contributed by atoms with Crippen LogP contribution >= 0.6 is 0 Å². The third-order valence-corrected chi connectivity index (χ3v) is 5.51. The van der Waals surface area contributed by atoms with Crippen molar-refractivity contribution in [3.05, 3.63) is 35.9 Å². The van der Waals surface area contributed by atoms with Crippen molar-refractivity contribution in [3.8, 4) is 0 Å². The van der Waals surface area contributed by atoms with E-state index in [1.807, 2.05) is 0 Å².